The van der Waals surface area contributed by atoms with Crippen LogP contribution in [-0.2, 0) is 9.59 Å². The van der Waals surface area contributed by atoms with Crippen molar-refractivity contribution in [3.05, 3.63) is 65.2 Å². The number of nitrogens with one attached hydrogen (secondary N) is 2. The van der Waals surface area contributed by atoms with E-state index in [9.17, 15) is 9.59 Å². The number of benzene rings is 2. The quantitative estimate of drug-likeness (QED) is 0.792. The molecular formula is C22H27N3O2. The molecule has 0 radical (unpaired) electrons. The average molecular weight is 365 g/mol. The van der Waals surface area contributed by atoms with Crippen molar-refractivity contribution in [1.29, 1.82) is 0 Å². The number of amides is 2. The summed E-state index contributed by atoms with van der Waals surface area (Å²) in [5.41, 5.74) is 3.76. The van der Waals surface area contributed by atoms with Crippen molar-refractivity contribution < 1.29 is 9.59 Å². The van der Waals surface area contributed by atoms with Gasteiger partial charge in [0.1, 0.15) is 6.04 Å². The normalized spacial score (nSPS) is 14.7. The SMILES string of the molecule is Cc1ccc(C)c(NC(=O)[C@@H](c2ccccc2)N(C)CC(=O)NC2CC2)c1. The molecule has 1 aliphatic carbocycles. The molecule has 2 amide bonds. The number of hydrogen-bond acceptors (Lipinski definition) is 3. The van der Waals surface area contributed by atoms with Crippen molar-refractivity contribution in [3.8, 4) is 0 Å². The van der Waals surface area contributed by atoms with Crippen molar-refractivity contribution in [2.75, 3.05) is 18.9 Å². The molecule has 1 fully saturated rings. The summed E-state index contributed by atoms with van der Waals surface area (Å²) in [5, 5.41) is 6.03. The lowest BCUT2D eigenvalue weighted by Gasteiger charge is -2.27. The first-order chi connectivity index (χ1) is 12.9. The van der Waals surface area contributed by atoms with E-state index >= 15 is 0 Å². The minimum absolute atomic E-state index is 0.0412. The summed E-state index contributed by atoms with van der Waals surface area (Å²) in [6.07, 6.45) is 2.09. The van der Waals surface area contributed by atoms with Gasteiger partial charge in [0.05, 0.1) is 6.54 Å². The molecule has 5 nitrogen and oxygen atoms in total. The van der Waals surface area contributed by atoms with Crippen LogP contribution >= 0.6 is 0 Å². The molecule has 1 atom stereocenters. The molecule has 0 saturated heterocycles. The Morgan fingerprint density at radius 3 is 2.48 bits per heavy atom. The van der Waals surface area contributed by atoms with Crippen LogP contribution in [0.1, 0.15) is 35.6 Å². The Bertz CT molecular complexity index is 816. The van der Waals surface area contributed by atoms with Gasteiger partial charge >= 0.3 is 0 Å². The largest absolute Gasteiger partial charge is 0.352 e. The number of anilines is 1. The van der Waals surface area contributed by atoms with Crippen molar-refractivity contribution in [3.63, 3.8) is 0 Å². The fraction of sp³-hybridized carbons (Fsp3) is 0.364. The third-order valence-electron chi connectivity index (χ3n) is 4.79. The average Bonchev–Trinajstić information content (AvgIpc) is 3.43. The van der Waals surface area contributed by atoms with E-state index in [1.54, 1.807) is 4.90 Å². The third kappa shape index (κ3) is 5.17. The van der Waals surface area contributed by atoms with Crippen LogP contribution in [0.3, 0.4) is 0 Å². The van der Waals surface area contributed by atoms with Crippen LogP contribution in [-0.4, -0.2) is 36.3 Å². The molecule has 5 heteroatoms. The number of carbonyl (C=O) groups excluding carboxylic acids is 2. The summed E-state index contributed by atoms with van der Waals surface area (Å²) in [6.45, 7) is 4.15. The van der Waals surface area contributed by atoms with Gasteiger partial charge in [-0.1, -0.05) is 42.5 Å². The number of hydrogen-bond donors (Lipinski definition) is 2. The Hall–Kier alpha value is -2.66. The molecule has 0 unspecified atom stereocenters. The molecule has 0 spiro atoms. The van der Waals surface area contributed by atoms with E-state index in [1.807, 2.05) is 69.4 Å². The Morgan fingerprint density at radius 2 is 1.81 bits per heavy atom. The number of likely N-dealkylation sites (N-methyl/N-ethyl adjacent to an activating group) is 1. The summed E-state index contributed by atoms with van der Waals surface area (Å²) in [7, 11) is 1.81. The molecule has 0 heterocycles. The molecule has 0 aliphatic heterocycles. The van der Waals surface area contributed by atoms with Crippen LogP contribution in [0.5, 0.6) is 0 Å². The molecule has 3 rings (SSSR count). The fourth-order valence-electron chi connectivity index (χ4n) is 3.13. The van der Waals surface area contributed by atoms with Crippen molar-refractivity contribution >= 4 is 17.5 Å². The Kier molecular flexibility index (Phi) is 5.91. The maximum absolute atomic E-state index is 13.1. The van der Waals surface area contributed by atoms with Gasteiger partial charge in [-0.3, -0.25) is 14.5 Å². The first-order valence-corrected chi connectivity index (χ1v) is 9.36. The molecule has 0 bridgehead atoms. The van der Waals surface area contributed by atoms with Gasteiger partial charge in [-0.15, -0.1) is 0 Å². The van der Waals surface area contributed by atoms with Crippen LogP contribution in [0.4, 0.5) is 5.69 Å². The number of nitrogens with zero attached hydrogens (tertiary/aromatic N) is 1. The highest BCUT2D eigenvalue weighted by Crippen LogP contribution is 2.24. The molecule has 2 aromatic rings. The highest BCUT2D eigenvalue weighted by Gasteiger charge is 2.29. The fourth-order valence-corrected chi connectivity index (χ4v) is 3.13. The van der Waals surface area contributed by atoms with Crippen molar-refractivity contribution in [2.24, 2.45) is 0 Å². The first-order valence-electron chi connectivity index (χ1n) is 9.36. The predicted octanol–water partition coefficient (Wildman–Crippen LogP) is 3.19. The van der Waals surface area contributed by atoms with Gasteiger partial charge < -0.3 is 10.6 Å². The zero-order valence-electron chi connectivity index (χ0n) is 16.2. The topological polar surface area (TPSA) is 61.4 Å². The molecule has 27 heavy (non-hydrogen) atoms. The van der Waals surface area contributed by atoms with E-state index < -0.39 is 6.04 Å². The van der Waals surface area contributed by atoms with E-state index in [2.05, 4.69) is 10.6 Å². The molecule has 2 N–H and O–H groups in total. The van der Waals surface area contributed by atoms with E-state index in [0.29, 0.717) is 6.04 Å². The first kappa shape index (κ1) is 19.1. The Morgan fingerprint density at radius 1 is 1.11 bits per heavy atom. The van der Waals surface area contributed by atoms with Gasteiger partial charge in [-0.2, -0.15) is 0 Å². The van der Waals surface area contributed by atoms with Gasteiger partial charge in [0.2, 0.25) is 11.8 Å². The number of carbonyl (C=O) groups is 2. The van der Waals surface area contributed by atoms with E-state index in [1.165, 1.54) is 0 Å². The second kappa shape index (κ2) is 8.35. The van der Waals surface area contributed by atoms with Crippen LogP contribution < -0.4 is 10.6 Å². The predicted molar refractivity (Wildman–Crippen MR) is 108 cm³/mol. The van der Waals surface area contributed by atoms with E-state index in [4.69, 9.17) is 0 Å². The zero-order valence-corrected chi connectivity index (χ0v) is 16.2. The summed E-state index contributed by atoms with van der Waals surface area (Å²) in [6, 6.07) is 15.3. The van der Waals surface area contributed by atoms with Gasteiger partial charge in [-0.05, 0) is 56.5 Å². The second-order valence-electron chi connectivity index (χ2n) is 7.38. The Labute approximate surface area is 160 Å². The lowest BCUT2D eigenvalue weighted by Crippen LogP contribution is -2.42. The number of rotatable bonds is 7. The standard InChI is InChI=1S/C22H27N3O2/c1-15-9-10-16(2)19(13-15)24-22(27)21(17-7-5-4-6-8-17)25(3)14-20(26)23-18-11-12-18/h4-10,13,18,21H,11-12,14H2,1-3H3,(H,23,26)(H,24,27)/t21-/m1/s1. The minimum atomic E-state index is -0.545. The molecule has 1 saturated carbocycles. The lowest BCUT2D eigenvalue weighted by molar-refractivity contribution is -0.125. The van der Waals surface area contributed by atoms with Crippen LogP contribution in [0, 0.1) is 13.8 Å². The summed E-state index contributed by atoms with van der Waals surface area (Å²) < 4.78 is 0. The summed E-state index contributed by atoms with van der Waals surface area (Å²) >= 11 is 0. The van der Waals surface area contributed by atoms with Gasteiger partial charge in [0.15, 0.2) is 0 Å². The summed E-state index contributed by atoms with van der Waals surface area (Å²) in [5.74, 6) is -0.183. The van der Waals surface area contributed by atoms with E-state index in [-0.39, 0.29) is 18.4 Å². The maximum atomic E-state index is 13.1. The van der Waals surface area contributed by atoms with E-state index in [0.717, 1.165) is 35.2 Å². The molecular weight excluding hydrogens is 338 g/mol. The van der Waals surface area contributed by atoms with Gasteiger partial charge in [-0.25, -0.2) is 0 Å². The smallest absolute Gasteiger partial charge is 0.246 e. The molecule has 0 aromatic heterocycles. The number of aryl methyl sites for hydroxylation is 2. The van der Waals surface area contributed by atoms with Crippen LogP contribution in [0.25, 0.3) is 0 Å². The maximum Gasteiger partial charge on any atom is 0.246 e. The second-order valence-corrected chi connectivity index (χ2v) is 7.38. The van der Waals surface area contributed by atoms with Gasteiger partial charge in [0.25, 0.3) is 0 Å². The van der Waals surface area contributed by atoms with Crippen molar-refractivity contribution in [2.45, 2.75) is 38.8 Å². The molecule has 2 aromatic carbocycles. The monoisotopic (exact) mass is 365 g/mol. The minimum Gasteiger partial charge on any atom is -0.352 e. The Balaban J connectivity index is 1.79. The molecule has 142 valence electrons. The van der Waals surface area contributed by atoms with Crippen LogP contribution in [0.2, 0.25) is 0 Å². The third-order valence-corrected chi connectivity index (χ3v) is 4.79. The van der Waals surface area contributed by atoms with Crippen LogP contribution in [0.15, 0.2) is 48.5 Å². The lowest BCUT2D eigenvalue weighted by atomic mass is 10.0. The highest BCUT2D eigenvalue weighted by molar-refractivity contribution is 5.96. The molecule has 1 aliphatic rings. The highest BCUT2D eigenvalue weighted by atomic mass is 16.2. The van der Waals surface area contributed by atoms with Gasteiger partial charge in [0, 0.05) is 11.7 Å². The van der Waals surface area contributed by atoms with Crippen molar-refractivity contribution in [1.82, 2.24) is 10.2 Å². The summed E-state index contributed by atoms with van der Waals surface area (Å²) in [4.78, 5) is 27.2. The zero-order chi connectivity index (χ0) is 19.4.